The minimum atomic E-state index is -1.97. The second-order valence-corrected chi connectivity index (χ2v) is 28.9. The van der Waals surface area contributed by atoms with Crippen LogP contribution in [0.1, 0.15) is 341 Å². The smallest absolute Gasteiger partial charge is 0.220 e. The van der Waals surface area contributed by atoms with Crippen LogP contribution < -0.4 is 5.32 Å². The standard InChI is InChI=1S/C77H147NO18/c1-3-5-7-9-11-13-15-17-19-21-23-24-25-26-27-28-29-30-31-32-33-34-35-37-38-40-42-44-46-48-50-52-54-61(82)60(78-65(83)55-53-51-49-47-45-43-41-39-36-22-20-18-16-14-12-10-8-6-4-2)59-91-75-71(89)68(86)73(63(57-80)93-75)96-77-72(90)69(87)74(64(58-81)94-77)95-76-70(88)67(85)66(84)62(56-79)92-76/h18,20,60-64,66-77,79-82,84-90H,3-17,19,21-59H2,1-2H3,(H,78,83)/b20-18-. The van der Waals surface area contributed by atoms with E-state index in [0.717, 1.165) is 51.4 Å². The Balaban J connectivity index is 1.35. The number of hydrogen-bond acceptors (Lipinski definition) is 18. The minimum Gasteiger partial charge on any atom is -0.394 e. The predicted octanol–water partition coefficient (Wildman–Crippen LogP) is 12.8. The third kappa shape index (κ3) is 39.3. The highest BCUT2D eigenvalue weighted by Gasteiger charge is 2.54. The molecule has 3 aliphatic heterocycles. The Labute approximate surface area is 582 Å². The number of nitrogens with one attached hydrogen (secondary N) is 1. The molecule has 0 aromatic rings. The highest BCUT2D eigenvalue weighted by molar-refractivity contribution is 5.76. The highest BCUT2D eigenvalue weighted by Crippen LogP contribution is 2.33. The molecule has 0 aromatic carbocycles. The van der Waals surface area contributed by atoms with Crippen molar-refractivity contribution in [1.82, 2.24) is 5.32 Å². The summed E-state index contributed by atoms with van der Waals surface area (Å²) in [5, 5.41) is 121. The number of unbranched alkanes of at least 4 members (excludes halogenated alkanes) is 46. The average molecular weight is 1380 g/mol. The molecule has 96 heavy (non-hydrogen) atoms. The molecule has 19 nitrogen and oxygen atoms in total. The van der Waals surface area contributed by atoms with Crippen LogP contribution in [0.15, 0.2) is 12.2 Å². The number of rotatable bonds is 64. The molecule has 3 heterocycles. The summed E-state index contributed by atoms with van der Waals surface area (Å²) in [6.07, 6.45) is 41.6. The molecular formula is C77H147NO18. The van der Waals surface area contributed by atoms with E-state index in [4.69, 9.17) is 28.4 Å². The van der Waals surface area contributed by atoms with Crippen molar-refractivity contribution >= 4 is 5.91 Å². The monoisotopic (exact) mass is 1370 g/mol. The van der Waals surface area contributed by atoms with Gasteiger partial charge in [0.05, 0.1) is 38.6 Å². The van der Waals surface area contributed by atoms with Gasteiger partial charge in [0.2, 0.25) is 5.91 Å². The summed E-state index contributed by atoms with van der Waals surface area (Å²) in [5.41, 5.74) is 0. The van der Waals surface area contributed by atoms with E-state index in [0.29, 0.717) is 12.8 Å². The minimum absolute atomic E-state index is 0.239. The van der Waals surface area contributed by atoms with Crippen LogP contribution in [0.4, 0.5) is 0 Å². The molecule has 0 spiro atoms. The maximum absolute atomic E-state index is 13.5. The lowest BCUT2D eigenvalue weighted by Crippen LogP contribution is -2.66. The second-order valence-electron chi connectivity index (χ2n) is 28.9. The van der Waals surface area contributed by atoms with E-state index in [1.54, 1.807) is 0 Å². The van der Waals surface area contributed by atoms with Crippen molar-refractivity contribution in [3.8, 4) is 0 Å². The maximum Gasteiger partial charge on any atom is 0.220 e. The van der Waals surface area contributed by atoms with Crippen molar-refractivity contribution in [3.05, 3.63) is 12.2 Å². The number of hydrogen-bond donors (Lipinski definition) is 12. The lowest BCUT2D eigenvalue weighted by atomic mass is 9.96. The number of carbonyl (C=O) groups excluding carboxylic acids is 1. The maximum atomic E-state index is 13.5. The highest BCUT2D eigenvalue weighted by atomic mass is 16.8. The van der Waals surface area contributed by atoms with Crippen LogP contribution in [-0.2, 0) is 33.2 Å². The van der Waals surface area contributed by atoms with Crippen LogP contribution >= 0.6 is 0 Å². The molecule has 19 heteroatoms. The van der Waals surface area contributed by atoms with Crippen LogP contribution in [0.2, 0.25) is 0 Å². The number of aliphatic hydroxyl groups is 11. The van der Waals surface area contributed by atoms with Crippen molar-refractivity contribution in [2.75, 3.05) is 26.4 Å². The van der Waals surface area contributed by atoms with Gasteiger partial charge in [0.25, 0.3) is 0 Å². The number of ether oxygens (including phenoxy) is 6. The molecule has 3 fully saturated rings. The van der Waals surface area contributed by atoms with Crippen molar-refractivity contribution in [1.29, 1.82) is 0 Å². The zero-order valence-corrected chi connectivity index (χ0v) is 60.6. The van der Waals surface area contributed by atoms with E-state index >= 15 is 0 Å². The topological polar surface area (TPSA) is 307 Å². The molecule has 3 saturated heterocycles. The Morgan fingerprint density at radius 1 is 0.365 bits per heavy atom. The van der Waals surface area contributed by atoms with Crippen LogP contribution in [0.5, 0.6) is 0 Å². The molecule has 0 radical (unpaired) electrons. The number of carbonyl (C=O) groups is 1. The number of allylic oxidation sites excluding steroid dienone is 2. The quantitative estimate of drug-likeness (QED) is 0.0199. The summed E-state index contributed by atoms with van der Waals surface area (Å²) in [6.45, 7) is 1.85. The summed E-state index contributed by atoms with van der Waals surface area (Å²) < 4.78 is 34.5. The third-order valence-electron chi connectivity index (χ3n) is 20.3. The van der Waals surface area contributed by atoms with E-state index < -0.39 is 124 Å². The van der Waals surface area contributed by atoms with Gasteiger partial charge >= 0.3 is 0 Å². The molecule has 17 atom stereocenters. The van der Waals surface area contributed by atoms with Crippen molar-refractivity contribution < 1.29 is 89.4 Å². The fourth-order valence-electron chi connectivity index (χ4n) is 13.9. The van der Waals surface area contributed by atoms with E-state index in [-0.39, 0.29) is 18.9 Å². The van der Waals surface area contributed by atoms with Gasteiger partial charge in [0, 0.05) is 6.42 Å². The largest absolute Gasteiger partial charge is 0.394 e. The SMILES string of the molecule is CCCCCCCC/C=C\CCCCCCCCCCCC(=O)NC(COC1OC(CO)C(OC2OC(CO)C(OC3OC(CO)C(O)C(O)C3O)C(O)C2O)C(O)C1O)C(O)CCCCCCCCCCCCCCCCCCCCCCCCCCCCCCCCCC. The molecule has 3 aliphatic rings. The molecule has 0 bridgehead atoms. The lowest BCUT2D eigenvalue weighted by molar-refractivity contribution is -0.379. The summed E-state index contributed by atoms with van der Waals surface area (Å²) in [5.74, 6) is -0.239. The molecule has 0 saturated carbocycles. The van der Waals surface area contributed by atoms with Crippen LogP contribution in [0.25, 0.3) is 0 Å². The summed E-state index contributed by atoms with van der Waals surface area (Å²) in [7, 11) is 0. The summed E-state index contributed by atoms with van der Waals surface area (Å²) in [6, 6.07) is -0.887. The van der Waals surface area contributed by atoms with Crippen LogP contribution in [0.3, 0.4) is 0 Å². The Kier molecular flexibility index (Phi) is 54.5. The Hall–Kier alpha value is -1.47. The molecule has 0 aliphatic carbocycles. The zero-order valence-electron chi connectivity index (χ0n) is 60.6. The zero-order chi connectivity index (χ0) is 69.6. The Morgan fingerprint density at radius 2 is 0.656 bits per heavy atom. The Bertz CT molecular complexity index is 1790. The van der Waals surface area contributed by atoms with Gasteiger partial charge in [-0.15, -0.1) is 0 Å². The van der Waals surface area contributed by atoms with Gasteiger partial charge in [-0.2, -0.15) is 0 Å². The van der Waals surface area contributed by atoms with Gasteiger partial charge in [-0.1, -0.05) is 309 Å². The van der Waals surface area contributed by atoms with Crippen LogP contribution in [0, 0.1) is 0 Å². The average Bonchev–Trinajstić information content (AvgIpc) is 0.798. The van der Waals surface area contributed by atoms with Crippen molar-refractivity contribution in [2.24, 2.45) is 0 Å². The van der Waals surface area contributed by atoms with Gasteiger partial charge in [-0.25, -0.2) is 0 Å². The molecule has 568 valence electrons. The van der Waals surface area contributed by atoms with E-state index in [1.807, 2.05) is 0 Å². The molecular weight excluding hydrogens is 1230 g/mol. The lowest BCUT2D eigenvalue weighted by Gasteiger charge is -2.48. The molecule has 12 N–H and O–H groups in total. The van der Waals surface area contributed by atoms with Crippen molar-refractivity contribution in [3.63, 3.8) is 0 Å². The summed E-state index contributed by atoms with van der Waals surface area (Å²) >= 11 is 0. The van der Waals surface area contributed by atoms with Crippen molar-refractivity contribution in [2.45, 2.75) is 446 Å². The van der Waals surface area contributed by atoms with Gasteiger partial charge < -0.3 is 89.9 Å². The molecule has 3 rings (SSSR count). The first kappa shape index (κ1) is 88.7. The Morgan fingerprint density at radius 3 is 1.01 bits per heavy atom. The normalized spacial score (nSPS) is 27.0. The number of aliphatic hydroxyl groups excluding tert-OH is 11. The first-order valence-corrected chi connectivity index (χ1v) is 39.9. The summed E-state index contributed by atoms with van der Waals surface area (Å²) in [4.78, 5) is 13.5. The van der Waals surface area contributed by atoms with Gasteiger partial charge in [-0.3, -0.25) is 4.79 Å². The molecule has 1 amide bonds. The molecule has 0 aromatic heterocycles. The molecule has 17 unspecified atom stereocenters. The first-order valence-electron chi connectivity index (χ1n) is 39.9. The fraction of sp³-hybridized carbons (Fsp3) is 0.961. The van der Waals surface area contributed by atoms with Crippen LogP contribution in [-0.4, -0.2) is 193 Å². The number of amides is 1. The fourth-order valence-corrected chi connectivity index (χ4v) is 13.9. The van der Waals surface area contributed by atoms with Gasteiger partial charge in [0.15, 0.2) is 18.9 Å². The van der Waals surface area contributed by atoms with E-state index in [2.05, 4.69) is 31.3 Å². The van der Waals surface area contributed by atoms with E-state index in [9.17, 15) is 61.0 Å². The van der Waals surface area contributed by atoms with Gasteiger partial charge in [-0.05, 0) is 38.5 Å². The third-order valence-corrected chi connectivity index (χ3v) is 20.3. The predicted molar refractivity (Wildman–Crippen MR) is 379 cm³/mol. The second kappa shape index (κ2) is 59.0. The van der Waals surface area contributed by atoms with E-state index in [1.165, 1.54) is 257 Å². The van der Waals surface area contributed by atoms with Gasteiger partial charge in [0.1, 0.15) is 73.2 Å². The first-order chi connectivity index (χ1) is 46.8.